The van der Waals surface area contributed by atoms with E-state index in [4.69, 9.17) is 5.73 Å². The molecule has 0 spiro atoms. The number of hydrogen-bond acceptors (Lipinski definition) is 3. The van der Waals surface area contributed by atoms with E-state index in [0.717, 1.165) is 12.8 Å². The molecule has 1 aliphatic carbocycles. The summed E-state index contributed by atoms with van der Waals surface area (Å²) < 4.78 is 40.4. The zero-order valence-corrected chi connectivity index (χ0v) is 12.0. The van der Waals surface area contributed by atoms with Crippen molar-refractivity contribution in [3.8, 4) is 0 Å². The van der Waals surface area contributed by atoms with Crippen LogP contribution in [0.4, 0.5) is 4.39 Å². The molecular weight excluding hydrogens is 267 g/mol. The van der Waals surface area contributed by atoms with Crippen LogP contribution in [0.1, 0.15) is 24.0 Å². The summed E-state index contributed by atoms with van der Waals surface area (Å²) in [7, 11) is -3.61. The molecule has 106 valence electrons. The van der Waals surface area contributed by atoms with Gasteiger partial charge in [0.05, 0.1) is 4.90 Å². The third-order valence-electron chi connectivity index (χ3n) is 3.72. The van der Waals surface area contributed by atoms with E-state index in [9.17, 15) is 12.8 Å². The maximum atomic E-state index is 13.2. The van der Waals surface area contributed by atoms with Gasteiger partial charge in [-0.1, -0.05) is 0 Å². The smallest absolute Gasteiger partial charge is 0.241 e. The summed E-state index contributed by atoms with van der Waals surface area (Å²) in [5.41, 5.74) is 6.40. The van der Waals surface area contributed by atoms with Gasteiger partial charge in [-0.2, -0.15) is 0 Å². The number of nitrogens with one attached hydrogen (secondary N) is 1. The van der Waals surface area contributed by atoms with Crippen LogP contribution in [0.5, 0.6) is 0 Å². The minimum absolute atomic E-state index is 0.0745. The lowest BCUT2D eigenvalue weighted by molar-refractivity contribution is 0.500. The van der Waals surface area contributed by atoms with Gasteiger partial charge in [0, 0.05) is 6.54 Å². The average molecular weight is 286 g/mol. The molecule has 1 fully saturated rings. The van der Waals surface area contributed by atoms with Crippen molar-refractivity contribution in [2.75, 3.05) is 13.1 Å². The van der Waals surface area contributed by atoms with Crippen LogP contribution in [0.2, 0.25) is 0 Å². The Morgan fingerprint density at radius 3 is 2.26 bits per heavy atom. The third kappa shape index (κ3) is 2.96. The molecule has 0 bridgehead atoms. The van der Waals surface area contributed by atoms with Crippen LogP contribution in [0.15, 0.2) is 17.0 Å². The van der Waals surface area contributed by atoms with E-state index in [1.54, 1.807) is 13.8 Å². The Bertz CT molecular complexity index is 572. The first-order valence-corrected chi connectivity index (χ1v) is 7.74. The molecule has 0 atom stereocenters. The van der Waals surface area contributed by atoms with Gasteiger partial charge < -0.3 is 5.73 Å². The molecule has 1 aromatic rings. The topological polar surface area (TPSA) is 72.2 Å². The van der Waals surface area contributed by atoms with E-state index >= 15 is 0 Å². The van der Waals surface area contributed by atoms with Crippen LogP contribution in [-0.2, 0) is 10.0 Å². The number of rotatable bonds is 5. The summed E-state index contributed by atoms with van der Waals surface area (Å²) in [5, 5.41) is 0. The Hall–Kier alpha value is -0.980. The van der Waals surface area contributed by atoms with Gasteiger partial charge in [-0.15, -0.1) is 0 Å². The summed E-state index contributed by atoms with van der Waals surface area (Å²) in [4.78, 5) is 0.168. The summed E-state index contributed by atoms with van der Waals surface area (Å²) in [5.74, 6) is -0.422. The first-order valence-electron chi connectivity index (χ1n) is 6.26. The van der Waals surface area contributed by atoms with Gasteiger partial charge in [-0.3, -0.25) is 0 Å². The molecule has 6 heteroatoms. The molecule has 4 nitrogen and oxygen atoms in total. The van der Waals surface area contributed by atoms with Crippen molar-refractivity contribution in [3.63, 3.8) is 0 Å². The molecule has 1 aliphatic rings. The SMILES string of the molecule is Cc1cc(F)cc(C)c1S(=O)(=O)NCC1(CN)CC1. The van der Waals surface area contributed by atoms with Crippen molar-refractivity contribution < 1.29 is 12.8 Å². The van der Waals surface area contributed by atoms with Gasteiger partial charge in [0.15, 0.2) is 0 Å². The fourth-order valence-corrected chi connectivity index (χ4v) is 3.88. The Morgan fingerprint density at radius 2 is 1.84 bits per heavy atom. The van der Waals surface area contributed by atoms with E-state index in [0.29, 0.717) is 24.2 Å². The monoisotopic (exact) mass is 286 g/mol. The number of sulfonamides is 1. The number of benzene rings is 1. The van der Waals surface area contributed by atoms with Gasteiger partial charge in [0.25, 0.3) is 0 Å². The lowest BCUT2D eigenvalue weighted by Gasteiger charge is -2.16. The number of nitrogens with two attached hydrogens (primary N) is 1. The highest BCUT2D eigenvalue weighted by atomic mass is 32.2. The molecule has 2 rings (SSSR count). The van der Waals surface area contributed by atoms with Gasteiger partial charge in [-0.05, 0) is 61.9 Å². The normalized spacial score (nSPS) is 17.5. The predicted molar refractivity (Wildman–Crippen MR) is 71.8 cm³/mol. The third-order valence-corrected chi connectivity index (χ3v) is 5.43. The van der Waals surface area contributed by atoms with Crippen LogP contribution in [0, 0.1) is 25.1 Å². The molecule has 3 N–H and O–H groups in total. The number of aryl methyl sites for hydroxylation is 2. The van der Waals surface area contributed by atoms with E-state index in [1.807, 2.05) is 0 Å². The van der Waals surface area contributed by atoms with E-state index in [-0.39, 0.29) is 10.3 Å². The van der Waals surface area contributed by atoms with Crippen molar-refractivity contribution in [1.29, 1.82) is 0 Å². The van der Waals surface area contributed by atoms with Crippen molar-refractivity contribution in [2.45, 2.75) is 31.6 Å². The van der Waals surface area contributed by atoms with Crippen molar-refractivity contribution in [1.82, 2.24) is 4.72 Å². The van der Waals surface area contributed by atoms with Gasteiger partial charge in [0.1, 0.15) is 5.82 Å². The lowest BCUT2D eigenvalue weighted by Crippen LogP contribution is -2.34. The summed E-state index contributed by atoms with van der Waals surface area (Å²) in [6.45, 7) is 4.03. The fourth-order valence-electron chi connectivity index (χ4n) is 2.27. The standard InChI is InChI=1S/C13H19FN2O2S/c1-9-5-11(14)6-10(2)12(9)19(17,18)16-8-13(7-15)3-4-13/h5-6,16H,3-4,7-8,15H2,1-2H3. The molecule has 0 amide bonds. The Labute approximate surface area is 113 Å². The van der Waals surface area contributed by atoms with Crippen molar-refractivity contribution >= 4 is 10.0 Å². The van der Waals surface area contributed by atoms with E-state index in [2.05, 4.69) is 4.72 Å². The van der Waals surface area contributed by atoms with Crippen LogP contribution in [0.3, 0.4) is 0 Å². The lowest BCUT2D eigenvalue weighted by atomic mass is 10.1. The number of hydrogen-bond donors (Lipinski definition) is 2. The Balaban J connectivity index is 2.25. The molecule has 0 aliphatic heterocycles. The molecule has 0 unspecified atom stereocenters. The molecular formula is C13H19FN2O2S. The molecule has 0 heterocycles. The summed E-state index contributed by atoms with van der Waals surface area (Å²) in [6, 6.07) is 2.47. The minimum Gasteiger partial charge on any atom is -0.330 e. The van der Waals surface area contributed by atoms with Gasteiger partial charge in [-0.25, -0.2) is 17.5 Å². The zero-order valence-electron chi connectivity index (χ0n) is 11.2. The van der Waals surface area contributed by atoms with E-state index < -0.39 is 15.8 Å². The average Bonchev–Trinajstić information content (AvgIpc) is 3.05. The van der Waals surface area contributed by atoms with Crippen LogP contribution >= 0.6 is 0 Å². The molecule has 0 radical (unpaired) electrons. The first-order chi connectivity index (χ1) is 8.80. The molecule has 0 saturated heterocycles. The highest BCUT2D eigenvalue weighted by Crippen LogP contribution is 2.44. The predicted octanol–water partition coefficient (Wildman–Crippen LogP) is 1.46. The Kier molecular flexibility index (Phi) is 3.68. The van der Waals surface area contributed by atoms with Gasteiger partial charge >= 0.3 is 0 Å². The maximum Gasteiger partial charge on any atom is 0.241 e. The maximum absolute atomic E-state index is 13.2. The van der Waals surface area contributed by atoms with Crippen molar-refractivity contribution in [3.05, 3.63) is 29.1 Å². The van der Waals surface area contributed by atoms with Crippen LogP contribution in [0.25, 0.3) is 0 Å². The number of halogens is 1. The summed E-state index contributed by atoms with van der Waals surface area (Å²) >= 11 is 0. The Morgan fingerprint density at radius 1 is 1.32 bits per heavy atom. The fraction of sp³-hybridized carbons (Fsp3) is 0.538. The second-order valence-electron chi connectivity index (χ2n) is 5.40. The van der Waals surface area contributed by atoms with Crippen LogP contribution < -0.4 is 10.5 Å². The second kappa shape index (κ2) is 4.85. The van der Waals surface area contributed by atoms with Crippen LogP contribution in [-0.4, -0.2) is 21.5 Å². The molecule has 1 saturated carbocycles. The quantitative estimate of drug-likeness (QED) is 0.860. The minimum atomic E-state index is -3.61. The summed E-state index contributed by atoms with van der Waals surface area (Å²) in [6.07, 6.45) is 1.90. The highest BCUT2D eigenvalue weighted by Gasteiger charge is 2.42. The second-order valence-corrected chi connectivity index (χ2v) is 7.10. The zero-order chi connectivity index (χ0) is 14.3. The molecule has 0 aromatic heterocycles. The van der Waals surface area contributed by atoms with Gasteiger partial charge in [0.2, 0.25) is 10.0 Å². The van der Waals surface area contributed by atoms with E-state index in [1.165, 1.54) is 12.1 Å². The largest absolute Gasteiger partial charge is 0.330 e. The van der Waals surface area contributed by atoms with Crippen molar-refractivity contribution in [2.24, 2.45) is 11.1 Å². The highest BCUT2D eigenvalue weighted by molar-refractivity contribution is 7.89. The molecule has 19 heavy (non-hydrogen) atoms. The molecule has 1 aromatic carbocycles. The first kappa shape index (κ1) is 14.4.